The van der Waals surface area contributed by atoms with Gasteiger partial charge in [0.1, 0.15) is 12.7 Å². The summed E-state index contributed by atoms with van der Waals surface area (Å²) >= 11 is 0. The summed E-state index contributed by atoms with van der Waals surface area (Å²) in [7, 11) is 0. The van der Waals surface area contributed by atoms with Gasteiger partial charge in [-0.05, 0) is 19.4 Å². The average Bonchev–Trinajstić information content (AvgIpc) is 3.08. The molecule has 1 aliphatic rings. The lowest BCUT2D eigenvalue weighted by molar-refractivity contribution is -0.144. The second kappa shape index (κ2) is 9.10. The molecule has 2 aromatic rings. The van der Waals surface area contributed by atoms with Crippen LogP contribution in [-0.4, -0.2) is 58.2 Å². The summed E-state index contributed by atoms with van der Waals surface area (Å²) in [5.41, 5.74) is 0.950. The third-order valence-electron chi connectivity index (χ3n) is 3.87. The van der Waals surface area contributed by atoms with E-state index in [9.17, 15) is 4.79 Å². The molecule has 3 heterocycles. The van der Waals surface area contributed by atoms with E-state index in [1.54, 1.807) is 31.7 Å². The Morgan fingerprint density at radius 3 is 2.96 bits per heavy atom. The predicted octanol–water partition coefficient (Wildman–Crippen LogP) is 1.47. The van der Waals surface area contributed by atoms with Gasteiger partial charge in [0.25, 0.3) is 0 Å². The molecule has 26 heavy (non-hydrogen) atoms. The number of hydrogen-bond donors (Lipinski definition) is 0. The molecule has 3 rings (SSSR count). The molecule has 0 amide bonds. The van der Waals surface area contributed by atoms with Crippen molar-refractivity contribution in [3.05, 3.63) is 42.5 Å². The highest BCUT2D eigenvalue weighted by molar-refractivity contribution is 5.71. The van der Waals surface area contributed by atoms with Crippen LogP contribution >= 0.6 is 0 Å². The van der Waals surface area contributed by atoms with Gasteiger partial charge in [0, 0.05) is 31.0 Å². The van der Waals surface area contributed by atoms with Crippen molar-refractivity contribution in [3.63, 3.8) is 0 Å². The Morgan fingerprint density at radius 1 is 1.27 bits per heavy atom. The van der Waals surface area contributed by atoms with Crippen LogP contribution in [0.4, 0.5) is 0 Å². The highest BCUT2D eigenvalue weighted by Crippen LogP contribution is 2.18. The van der Waals surface area contributed by atoms with Crippen molar-refractivity contribution in [1.29, 1.82) is 0 Å². The Kier molecular flexibility index (Phi) is 6.32. The van der Waals surface area contributed by atoms with E-state index >= 15 is 0 Å². The minimum Gasteiger partial charge on any atom is -0.472 e. The first kappa shape index (κ1) is 18.1. The van der Waals surface area contributed by atoms with Crippen LogP contribution in [0, 0.1) is 0 Å². The van der Waals surface area contributed by atoms with Crippen LogP contribution in [0.1, 0.15) is 18.9 Å². The predicted molar refractivity (Wildman–Crippen MR) is 92.7 cm³/mol. The van der Waals surface area contributed by atoms with E-state index in [2.05, 4.69) is 15.0 Å². The Morgan fingerprint density at radius 2 is 2.15 bits per heavy atom. The van der Waals surface area contributed by atoms with Gasteiger partial charge in [0.15, 0.2) is 0 Å². The molecule has 0 aliphatic carbocycles. The number of nitrogens with zero attached hydrogens (tertiary/aromatic N) is 4. The van der Waals surface area contributed by atoms with Crippen molar-refractivity contribution >= 4 is 5.97 Å². The summed E-state index contributed by atoms with van der Waals surface area (Å²) in [5.74, 6) is 0.600. The molecular weight excluding hydrogens is 336 g/mol. The van der Waals surface area contributed by atoms with Crippen LogP contribution in [0.5, 0.6) is 11.8 Å². The van der Waals surface area contributed by atoms with Crippen molar-refractivity contribution in [2.24, 2.45) is 0 Å². The maximum Gasteiger partial charge on any atom is 0.320 e. The molecule has 1 saturated heterocycles. The summed E-state index contributed by atoms with van der Waals surface area (Å²) in [6.45, 7) is 4.29. The van der Waals surface area contributed by atoms with Gasteiger partial charge in [-0.3, -0.25) is 19.7 Å². The van der Waals surface area contributed by atoms with Crippen LogP contribution in [-0.2, 0) is 16.1 Å². The molecule has 0 radical (unpaired) electrons. The normalized spacial score (nSPS) is 17.0. The molecule has 8 nitrogen and oxygen atoms in total. The molecule has 1 unspecified atom stereocenters. The molecule has 0 N–H and O–H groups in total. The highest BCUT2D eigenvalue weighted by atomic mass is 16.5. The number of rotatable bonds is 8. The van der Waals surface area contributed by atoms with E-state index in [0.29, 0.717) is 31.5 Å². The number of hydrogen-bond acceptors (Lipinski definition) is 8. The summed E-state index contributed by atoms with van der Waals surface area (Å²) in [6, 6.07) is 3.78. The molecule has 0 bridgehead atoms. The zero-order valence-corrected chi connectivity index (χ0v) is 14.7. The number of carbonyl (C=O) groups excluding carboxylic acids is 1. The van der Waals surface area contributed by atoms with Crippen molar-refractivity contribution in [1.82, 2.24) is 19.9 Å². The van der Waals surface area contributed by atoms with E-state index in [0.717, 1.165) is 18.5 Å². The summed E-state index contributed by atoms with van der Waals surface area (Å²) < 4.78 is 16.5. The molecule has 0 aromatic carbocycles. The van der Waals surface area contributed by atoms with Gasteiger partial charge in [-0.15, -0.1) is 0 Å². The van der Waals surface area contributed by atoms with Gasteiger partial charge in [-0.25, -0.2) is 0 Å². The Labute approximate surface area is 152 Å². The van der Waals surface area contributed by atoms with E-state index in [-0.39, 0.29) is 18.6 Å². The van der Waals surface area contributed by atoms with Gasteiger partial charge in [0.2, 0.25) is 11.8 Å². The second-order valence-electron chi connectivity index (χ2n) is 5.91. The second-order valence-corrected chi connectivity index (χ2v) is 5.91. The molecule has 0 saturated carbocycles. The van der Waals surface area contributed by atoms with Crippen molar-refractivity contribution in [2.75, 3.05) is 26.2 Å². The third kappa shape index (κ3) is 5.38. The first-order chi connectivity index (χ1) is 12.7. The van der Waals surface area contributed by atoms with Crippen LogP contribution in [0.25, 0.3) is 0 Å². The monoisotopic (exact) mass is 358 g/mol. The van der Waals surface area contributed by atoms with Gasteiger partial charge < -0.3 is 14.2 Å². The fraction of sp³-hybridized carbons (Fsp3) is 0.444. The zero-order valence-electron chi connectivity index (χ0n) is 14.7. The average molecular weight is 358 g/mol. The van der Waals surface area contributed by atoms with Crippen LogP contribution in [0.15, 0.2) is 36.9 Å². The Bertz CT molecular complexity index is 713. The van der Waals surface area contributed by atoms with Gasteiger partial charge in [0.05, 0.1) is 25.5 Å². The molecule has 1 atom stereocenters. The SMILES string of the molecule is CCOC(=O)CN1CCC(Oc2cncc(OCc3cccnc3)n2)C1. The topological polar surface area (TPSA) is 86.7 Å². The first-order valence-electron chi connectivity index (χ1n) is 8.61. The molecule has 8 heteroatoms. The van der Waals surface area contributed by atoms with Gasteiger partial charge >= 0.3 is 5.97 Å². The highest BCUT2D eigenvalue weighted by Gasteiger charge is 2.26. The smallest absolute Gasteiger partial charge is 0.320 e. The zero-order chi connectivity index (χ0) is 18.2. The number of aromatic nitrogens is 3. The van der Waals surface area contributed by atoms with Crippen LogP contribution in [0.3, 0.4) is 0 Å². The maximum absolute atomic E-state index is 11.5. The molecule has 2 aromatic heterocycles. The third-order valence-corrected chi connectivity index (χ3v) is 3.87. The number of ether oxygens (including phenoxy) is 3. The molecule has 138 valence electrons. The standard InChI is InChI=1S/C18H22N4O4/c1-2-24-18(23)12-22-7-5-15(11-22)26-17-10-20-9-16(21-17)25-13-14-4-3-6-19-8-14/h3-4,6,8-10,15H,2,5,7,11-13H2,1H3. The summed E-state index contributed by atoms with van der Waals surface area (Å²) in [6.07, 6.45) is 7.35. The van der Waals surface area contributed by atoms with Crippen LogP contribution < -0.4 is 9.47 Å². The minimum absolute atomic E-state index is 0.0349. The van der Waals surface area contributed by atoms with Crippen molar-refractivity contribution in [2.45, 2.75) is 26.1 Å². The lowest BCUT2D eigenvalue weighted by Crippen LogP contribution is -2.31. The summed E-state index contributed by atoms with van der Waals surface area (Å²) in [5, 5.41) is 0. The quantitative estimate of drug-likeness (QED) is 0.656. The van der Waals surface area contributed by atoms with E-state index < -0.39 is 0 Å². The Hall–Kier alpha value is -2.74. The Balaban J connectivity index is 1.49. The lowest BCUT2D eigenvalue weighted by Gasteiger charge is -2.15. The van der Waals surface area contributed by atoms with E-state index in [1.165, 1.54) is 0 Å². The largest absolute Gasteiger partial charge is 0.472 e. The number of carbonyl (C=O) groups is 1. The number of esters is 1. The fourth-order valence-corrected chi connectivity index (χ4v) is 2.70. The minimum atomic E-state index is -0.209. The lowest BCUT2D eigenvalue weighted by atomic mass is 10.3. The van der Waals surface area contributed by atoms with Crippen molar-refractivity contribution < 1.29 is 19.0 Å². The first-order valence-corrected chi connectivity index (χ1v) is 8.61. The van der Waals surface area contributed by atoms with Gasteiger partial charge in [-0.2, -0.15) is 4.98 Å². The maximum atomic E-state index is 11.5. The van der Waals surface area contributed by atoms with E-state index in [1.807, 2.05) is 17.0 Å². The molecule has 0 spiro atoms. The molecule has 1 fully saturated rings. The van der Waals surface area contributed by atoms with Crippen LogP contribution in [0.2, 0.25) is 0 Å². The number of likely N-dealkylation sites (tertiary alicyclic amines) is 1. The number of pyridine rings is 1. The van der Waals surface area contributed by atoms with Crippen molar-refractivity contribution in [3.8, 4) is 11.8 Å². The van der Waals surface area contributed by atoms with Gasteiger partial charge in [-0.1, -0.05) is 6.07 Å². The summed E-state index contributed by atoms with van der Waals surface area (Å²) in [4.78, 5) is 26.1. The molecule has 1 aliphatic heterocycles. The van der Waals surface area contributed by atoms with E-state index in [4.69, 9.17) is 14.2 Å². The fourth-order valence-electron chi connectivity index (χ4n) is 2.70. The molecular formula is C18H22N4O4.